The van der Waals surface area contributed by atoms with Gasteiger partial charge in [0.1, 0.15) is 11.6 Å². The molecule has 0 saturated carbocycles. The lowest BCUT2D eigenvalue weighted by Gasteiger charge is -2.06. The Labute approximate surface area is 115 Å². The summed E-state index contributed by atoms with van der Waals surface area (Å²) in [6, 6.07) is 10.4. The quantitative estimate of drug-likeness (QED) is 0.912. The van der Waals surface area contributed by atoms with Gasteiger partial charge in [0.2, 0.25) is 5.91 Å². The van der Waals surface area contributed by atoms with Gasteiger partial charge in [0, 0.05) is 12.5 Å². The number of pyridine rings is 1. The Hall–Kier alpha value is -2.30. The van der Waals surface area contributed by atoms with Crippen molar-refractivity contribution >= 4 is 5.91 Å². The van der Waals surface area contributed by atoms with Crippen molar-refractivity contribution in [1.29, 1.82) is 0 Å². The SMILES string of the molecule is O=C(CCc1ccccc1)NCc1ncc(F)cc1F. The van der Waals surface area contributed by atoms with E-state index >= 15 is 0 Å². The summed E-state index contributed by atoms with van der Waals surface area (Å²) in [6.45, 7) is -0.0419. The van der Waals surface area contributed by atoms with E-state index < -0.39 is 11.6 Å². The third-order valence-electron chi connectivity index (χ3n) is 2.82. The second-order valence-electron chi connectivity index (χ2n) is 4.34. The van der Waals surface area contributed by atoms with Gasteiger partial charge < -0.3 is 5.32 Å². The van der Waals surface area contributed by atoms with Gasteiger partial charge in [-0.2, -0.15) is 0 Å². The number of nitrogens with zero attached hydrogens (tertiary/aromatic N) is 1. The Morgan fingerprint density at radius 1 is 1.20 bits per heavy atom. The van der Waals surface area contributed by atoms with Crippen LogP contribution in [0.3, 0.4) is 0 Å². The van der Waals surface area contributed by atoms with Gasteiger partial charge >= 0.3 is 0 Å². The Morgan fingerprint density at radius 2 is 1.95 bits per heavy atom. The van der Waals surface area contributed by atoms with E-state index in [4.69, 9.17) is 0 Å². The molecule has 20 heavy (non-hydrogen) atoms. The van der Waals surface area contributed by atoms with Gasteiger partial charge in [-0.1, -0.05) is 30.3 Å². The molecule has 1 N–H and O–H groups in total. The number of aromatic nitrogens is 1. The number of halogens is 2. The molecule has 2 rings (SSSR count). The predicted octanol–water partition coefficient (Wildman–Crippen LogP) is 2.61. The van der Waals surface area contributed by atoms with Crippen molar-refractivity contribution < 1.29 is 13.6 Å². The van der Waals surface area contributed by atoms with E-state index in [1.165, 1.54) is 0 Å². The van der Waals surface area contributed by atoms with Crippen LogP contribution in [-0.4, -0.2) is 10.9 Å². The van der Waals surface area contributed by atoms with E-state index in [1.54, 1.807) is 0 Å². The standard InChI is InChI=1S/C15H14F2N2O/c16-12-8-13(17)14(18-9-12)10-19-15(20)7-6-11-4-2-1-3-5-11/h1-5,8-9H,6-7,10H2,(H,19,20). The maximum absolute atomic E-state index is 13.3. The molecule has 1 heterocycles. The van der Waals surface area contributed by atoms with Crippen LogP contribution in [0.15, 0.2) is 42.6 Å². The van der Waals surface area contributed by atoms with E-state index in [-0.39, 0.29) is 18.1 Å². The molecule has 1 amide bonds. The molecule has 3 nitrogen and oxygen atoms in total. The lowest BCUT2D eigenvalue weighted by Crippen LogP contribution is -2.24. The van der Waals surface area contributed by atoms with Crippen molar-refractivity contribution in [1.82, 2.24) is 10.3 Å². The highest BCUT2D eigenvalue weighted by Gasteiger charge is 2.07. The molecule has 0 aliphatic heterocycles. The Bertz CT molecular complexity index is 588. The molecule has 0 bridgehead atoms. The van der Waals surface area contributed by atoms with Gasteiger partial charge in [0.25, 0.3) is 0 Å². The zero-order chi connectivity index (χ0) is 14.4. The van der Waals surface area contributed by atoms with Gasteiger partial charge in [-0.05, 0) is 12.0 Å². The smallest absolute Gasteiger partial charge is 0.220 e. The summed E-state index contributed by atoms with van der Waals surface area (Å²) in [5, 5.41) is 2.57. The minimum atomic E-state index is -0.756. The van der Waals surface area contributed by atoms with Gasteiger partial charge in [-0.25, -0.2) is 8.78 Å². The minimum Gasteiger partial charge on any atom is -0.350 e. The van der Waals surface area contributed by atoms with Gasteiger partial charge in [0.15, 0.2) is 0 Å². The Balaban J connectivity index is 1.80. The summed E-state index contributed by atoms with van der Waals surface area (Å²) < 4.78 is 26.0. The molecular formula is C15H14F2N2O. The van der Waals surface area contributed by atoms with E-state index in [1.807, 2.05) is 30.3 Å². The van der Waals surface area contributed by atoms with Gasteiger partial charge in [-0.3, -0.25) is 9.78 Å². The highest BCUT2D eigenvalue weighted by molar-refractivity contribution is 5.76. The molecule has 0 saturated heterocycles. The Morgan fingerprint density at radius 3 is 2.65 bits per heavy atom. The first-order valence-corrected chi connectivity index (χ1v) is 6.25. The van der Waals surface area contributed by atoms with Crippen LogP contribution in [0.2, 0.25) is 0 Å². The molecule has 0 aliphatic rings. The number of rotatable bonds is 5. The van der Waals surface area contributed by atoms with Crippen LogP contribution >= 0.6 is 0 Å². The highest BCUT2D eigenvalue weighted by Crippen LogP contribution is 2.06. The largest absolute Gasteiger partial charge is 0.350 e. The lowest BCUT2D eigenvalue weighted by molar-refractivity contribution is -0.121. The van der Waals surface area contributed by atoms with Crippen LogP contribution in [0.1, 0.15) is 17.7 Å². The molecular weight excluding hydrogens is 262 g/mol. The van der Waals surface area contributed by atoms with E-state index in [2.05, 4.69) is 10.3 Å². The van der Waals surface area contributed by atoms with Crippen molar-refractivity contribution in [2.24, 2.45) is 0 Å². The second-order valence-corrected chi connectivity index (χ2v) is 4.34. The van der Waals surface area contributed by atoms with Gasteiger partial charge in [-0.15, -0.1) is 0 Å². The fourth-order valence-corrected chi connectivity index (χ4v) is 1.75. The number of benzene rings is 1. The first-order valence-electron chi connectivity index (χ1n) is 6.25. The van der Waals surface area contributed by atoms with Crippen molar-refractivity contribution in [2.75, 3.05) is 0 Å². The van der Waals surface area contributed by atoms with Crippen molar-refractivity contribution in [2.45, 2.75) is 19.4 Å². The average Bonchev–Trinajstić information content (AvgIpc) is 2.45. The first-order chi connectivity index (χ1) is 9.65. The molecule has 0 atom stereocenters. The summed E-state index contributed by atoms with van der Waals surface area (Å²) in [7, 11) is 0. The lowest BCUT2D eigenvalue weighted by atomic mass is 10.1. The molecule has 0 fully saturated rings. The summed E-state index contributed by atoms with van der Waals surface area (Å²) >= 11 is 0. The number of aryl methyl sites for hydroxylation is 1. The maximum atomic E-state index is 13.3. The summed E-state index contributed by atoms with van der Waals surface area (Å²) in [5.41, 5.74) is 1.09. The number of carbonyl (C=O) groups excluding carboxylic acids is 1. The van der Waals surface area contributed by atoms with Crippen molar-refractivity contribution in [3.05, 3.63) is 65.5 Å². The Kier molecular flexibility index (Phi) is 4.76. The fraction of sp³-hybridized carbons (Fsp3) is 0.200. The molecule has 0 aliphatic carbocycles. The second kappa shape index (κ2) is 6.75. The fourth-order valence-electron chi connectivity index (χ4n) is 1.75. The van der Waals surface area contributed by atoms with Crippen molar-refractivity contribution in [3.8, 4) is 0 Å². The van der Waals surface area contributed by atoms with E-state index in [0.29, 0.717) is 12.8 Å². The highest BCUT2D eigenvalue weighted by atomic mass is 19.1. The predicted molar refractivity (Wildman–Crippen MR) is 70.8 cm³/mol. The van der Waals surface area contributed by atoms with Crippen LogP contribution in [0.5, 0.6) is 0 Å². The van der Waals surface area contributed by atoms with Crippen LogP contribution in [-0.2, 0) is 17.8 Å². The zero-order valence-electron chi connectivity index (χ0n) is 10.8. The number of nitrogens with one attached hydrogen (secondary N) is 1. The molecule has 1 aromatic heterocycles. The molecule has 0 unspecified atom stereocenters. The normalized spacial score (nSPS) is 10.3. The van der Waals surface area contributed by atoms with Crippen molar-refractivity contribution in [3.63, 3.8) is 0 Å². The first kappa shape index (κ1) is 14.1. The zero-order valence-corrected chi connectivity index (χ0v) is 10.8. The number of amides is 1. The van der Waals surface area contributed by atoms with Crippen LogP contribution < -0.4 is 5.32 Å². The third kappa shape index (κ3) is 4.12. The van der Waals surface area contributed by atoms with Crippen LogP contribution in [0.4, 0.5) is 8.78 Å². The molecule has 0 radical (unpaired) electrons. The van der Waals surface area contributed by atoms with Gasteiger partial charge in [0.05, 0.1) is 18.4 Å². The molecule has 1 aromatic carbocycles. The number of carbonyl (C=O) groups is 1. The summed E-state index contributed by atoms with van der Waals surface area (Å²) in [5.74, 6) is -1.69. The average molecular weight is 276 g/mol. The minimum absolute atomic E-state index is 0.0273. The maximum Gasteiger partial charge on any atom is 0.220 e. The van der Waals surface area contributed by atoms with E-state index in [0.717, 1.165) is 17.8 Å². The molecule has 5 heteroatoms. The number of hydrogen-bond acceptors (Lipinski definition) is 2. The summed E-state index contributed by atoms with van der Waals surface area (Å²) in [4.78, 5) is 15.2. The van der Waals surface area contributed by atoms with E-state index in [9.17, 15) is 13.6 Å². The topological polar surface area (TPSA) is 42.0 Å². The van der Waals surface area contributed by atoms with Crippen LogP contribution in [0, 0.1) is 11.6 Å². The monoisotopic (exact) mass is 276 g/mol. The molecule has 2 aromatic rings. The molecule has 104 valence electrons. The third-order valence-corrected chi connectivity index (χ3v) is 2.82. The van der Waals surface area contributed by atoms with Crippen LogP contribution in [0.25, 0.3) is 0 Å². The summed E-state index contributed by atoms with van der Waals surface area (Å²) in [6.07, 6.45) is 1.85. The number of hydrogen-bond donors (Lipinski definition) is 1. The molecule has 0 spiro atoms.